The van der Waals surface area contributed by atoms with Gasteiger partial charge in [-0.2, -0.15) is 0 Å². The Kier molecular flexibility index (Phi) is 17.3. The first-order chi connectivity index (χ1) is 25.9. The molecular formula is C46H65NO7. The van der Waals surface area contributed by atoms with Crippen molar-refractivity contribution in [1.29, 1.82) is 0 Å². The lowest BCUT2D eigenvalue weighted by molar-refractivity contribution is -0.139. The number of phenolic OH excluding ortho intramolecular Hbond substituents is 1. The van der Waals surface area contributed by atoms with Crippen molar-refractivity contribution in [3.63, 3.8) is 0 Å². The van der Waals surface area contributed by atoms with Crippen molar-refractivity contribution in [2.24, 2.45) is 5.41 Å². The number of rotatable bonds is 19. The summed E-state index contributed by atoms with van der Waals surface area (Å²) in [5, 5.41) is 67.9. The zero-order chi connectivity index (χ0) is 39.0. The Balaban J connectivity index is 1.78. The molecule has 0 aromatic heterocycles. The summed E-state index contributed by atoms with van der Waals surface area (Å²) in [4.78, 5) is 11.8. The van der Waals surface area contributed by atoms with E-state index in [9.17, 15) is 35.4 Å². The summed E-state index contributed by atoms with van der Waals surface area (Å²) in [5.74, 6) is 6.19. The first kappa shape index (κ1) is 43.3. The zero-order valence-electron chi connectivity index (χ0n) is 32.6. The lowest BCUT2D eigenvalue weighted by Crippen LogP contribution is -2.54. The molecule has 2 aromatic carbocycles. The third-order valence-electron chi connectivity index (χ3n) is 11.6. The predicted octanol–water partition coefficient (Wildman–Crippen LogP) is 7.53. The second-order valence-corrected chi connectivity index (χ2v) is 16.2. The van der Waals surface area contributed by atoms with E-state index in [1.807, 2.05) is 49.4 Å². The van der Waals surface area contributed by atoms with E-state index in [4.69, 9.17) is 0 Å². The molecule has 8 heteroatoms. The highest BCUT2D eigenvalue weighted by Crippen LogP contribution is 2.45. The molecule has 1 fully saturated rings. The summed E-state index contributed by atoms with van der Waals surface area (Å²) < 4.78 is 0. The van der Waals surface area contributed by atoms with Crippen LogP contribution in [0.4, 0.5) is 0 Å². The molecule has 5 atom stereocenters. The topological polar surface area (TPSA) is 150 Å². The number of allylic oxidation sites excluding steroid dienone is 2. The van der Waals surface area contributed by atoms with Gasteiger partial charge >= 0.3 is 5.97 Å². The van der Waals surface area contributed by atoms with Crippen LogP contribution in [-0.4, -0.2) is 73.1 Å². The van der Waals surface area contributed by atoms with Gasteiger partial charge in [-0.25, -0.2) is 0 Å². The Morgan fingerprint density at radius 1 is 1.04 bits per heavy atom. The number of benzene rings is 2. The first-order valence-corrected chi connectivity index (χ1v) is 20.4. The standard InChI is InChI=1S/C46H65NO7/c1-3-4-5-16-38(49)26-23-37-22-21-36-14-7-6-13-35(36)15-12-18-43(45(2,54)31-34-19-24-39(50)25-20-34)47-42(41(37)30-40(51)33-48)17-8-9-27-46(32-44(52)53)28-10-11-29-46/h6-7,13-14,19-20,23-26,38,40,42-43,47-51,54H,3-5,8-11,16-18,21-22,27-33H2,1-2H3,(H,52,53)/b26-23+,41-37+/t38-,40-,42-,43+,45-/m0/s1. The average Bonchev–Trinajstić information content (AvgIpc) is 3.59. The van der Waals surface area contributed by atoms with Gasteiger partial charge in [-0.3, -0.25) is 4.79 Å². The molecule has 0 unspecified atom stereocenters. The van der Waals surface area contributed by atoms with Crippen molar-refractivity contribution in [2.75, 3.05) is 6.61 Å². The van der Waals surface area contributed by atoms with E-state index < -0.39 is 36.4 Å². The van der Waals surface area contributed by atoms with Gasteiger partial charge in [0.25, 0.3) is 0 Å². The Morgan fingerprint density at radius 3 is 2.48 bits per heavy atom. The lowest BCUT2D eigenvalue weighted by Gasteiger charge is -2.38. The number of aliphatic hydroxyl groups is 4. The fourth-order valence-electron chi connectivity index (χ4n) is 8.49. The van der Waals surface area contributed by atoms with Crippen LogP contribution in [0.1, 0.15) is 133 Å². The van der Waals surface area contributed by atoms with Gasteiger partial charge in [0.2, 0.25) is 0 Å². The highest BCUT2D eigenvalue weighted by Gasteiger charge is 2.37. The van der Waals surface area contributed by atoms with Crippen LogP contribution in [0.5, 0.6) is 5.75 Å². The van der Waals surface area contributed by atoms with Crippen molar-refractivity contribution in [3.05, 3.63) is 88.5 Å². The molecule has 0 spiro atoms. The minimum atomic E-state index is -1.27. The molecule has 1 saturated carbocycles. The molecule has 1 aliphatic carbocycles. The summed E-state index contributed by atoms with van der Waals surface area (Å²) >= 11 is 0. The van der Waals surface area contributed by atoms with Crippen LogP contribution in [0.3, 0.4) is 0 Å². The number of phenols is 1. The number of aliphatic hydroxyl groups excluding tert-OH is 3. The molecule has 7 N–H and O–H groups in total. The number of carboxylic acids is 1. The van der Waals surface area contributed by atoms with Crippen molar-refractivity contribution in [1.82, 2.24) is 5.32 Å². The minimum Gasteiger partial charge on any atom is -0.508 e. The number of aryl methyl sites for hydroxylation is 1. The fraction of sp³-hybridized carbons (Fsp3) is 0.587. The molecule has 1 aliphatic heterocycles. The number of nitrogens with one attached hydrogen (secondary N) is 1. The molecule has 54 heavy (non-hydrogen) atoms. The summed E-state index contributed by atoms with van der Waals surface area (Å²) in [6.45, 7) is 3.55. The smallest absolute Gasteiger partial charge is 0.303 e. The van der Waals surface area contributed by atoms with E-state index >= 15 is 0 Å². The molecule has 0 bridgehead atoms. The Bertz CT molecular complexity index is 1580. The summed E-state index contributed by atoms with van der Waals surface area (Å²) in [6, 6.07) is 14.1. The van der Waals surface area contributed by atoms with Crippen LogP contribution < -0.4 is 5.32 Å². The second kappa shape index (κ2) is 21.6. The van der Waals surface area contributed by atoms with Gasteiger partial charge in [0.1, 0.15) is 5.75 Å². The van der Waals surface area contributed by atoms with Crippen molar-refractivity contribution in [3.8, 4) is 17.6 Å². The molecule has 0 saturated heterocycles. The van der Waals surface area contributed by atoms with Gasteiger partial charge in [0, 0.05) is 30.5 Å². The number of carboxylic acid groups (broad SMARTS) is 1. The van der Waals surface area contributed by atoms with Gasteiger partial charge in [-0.1, -0.05) is 106 Å². The fourth-order valence-corrected chi connectivity index (χ4v) is 8.49. The van der Waals surface area contributed by atoms with E-state index in [1.54, 1.807) is 12.1 Å². The van der Waals surface area contributed by atoms with E-state index in [2.05, 4.69) is 30.1 Å². The number of carbonyl (C=O) groups is 1. The van der Waals surface area contributed by atoms with Crippen LogP contribution in [-0.2, 0) is 17.6 Å². The molecule has 1 heterocycles. The van der Waals surface area contributed by atoms with Gasteiger partial charge in [0.15, 0.2) is 0 Å². The van der Waals surface area contributed by atoms with Crippen molar-refractivity contribution in [2.45, 2.75) is 159 Å². The zero-order valence-corrected chi connectivity index (χ0v) is 32.6. The normalized spacial score (nSPS) is 22.6. The minimum absolute atomic E-state index is 0.156. The van der Waals surface area contributed by atoms with E-state index in [-0.39, 0.29) is 30.0 Å². The van der Waals surface area contributed by atoms with Gasteiger partial charge < -0.3 is 36.0 Å². The average molecular weight is 744 g/mol. The Hall–Kier alpha value is -3.45. The monoisotopic (exact) mass is 743 g/mol. The van der Waals surface area contributed by atoms with Crippen LogP contribution >= 0.6 is 0 Å². The van der Waals surface area contributed by atoms with E-state index in [1.165, 1.54) is 0 Å². The largest absolute Gasteiger partial charge is 0.508 e. The highest BCUT2D eigenvalue weighted by atomic mass is 16.4. The lowest BCUT2D eigenvalue weighted by atomic mass is 9.77. The quantitative estimate of drug-likeness (QED) is 0.0577. The molecule has 8 nitrogen and oxygen atoms in total. The molecule has 4 rings (SSSR count). The van der Waals surface area contributed by atoms with Gasteiger partial charge in [0.05, 0.1) is 30.8 Å². The van der Waals surface area contributed by atoms with E-state index in [0.29, 0.717) is 38.5 Å². The number of hydrogen-bond acceptors (Lipinski definition) is 7. The van der Waals surface area contributed by atoms with Crippen molar-refractivity contribution < 1.29 is 35.4 Å². The summed E-state index contributed by atoms with van der Waals surface area (Å²) in [5.41, 5.74) is 3.37. The molecule has 2 aromatic rings. The van der Waals surface area contributed by atoms with Crippen LogP contribution in [0.15, 0.2) is 71.8 Å². The number of aromatic hydroxyl groups is 1. The van der Waals surface area contributed by atoms with Crippen LogP contribution in [0.2, 0.25) is 0 Å². The summed E-state index contributed by atoms with van der Waals surface area (Å²) in [6.07, 6.45) is 15.5. The number of fused-ring (bicyclic) bond motifs is 1. The van der Waals surface area contributed by atoms with Gasteiger partial charge in [-0.05, 0) is 104 Å². The van der Waals surface area contributed by atoms with Crippen LogP contribution in [0.25, 0.3) is 0 Å². The molecule has 0 amide bonds. The molecular weight excluding hydrogens is 679 g/mol. The number of aliphatic carboxylic acids is 1. The third kappa shape index (κ3) is 13.7. The number of hydrogen-bond donors (Lipinski definition) is 7. The molecule has 296 valence electrons. The molecule has 0 radical (unpaired) electrons. The SMILES string of the molecule is CCCCC[C@H](O)/C=C/C1=C(\C[C@H](O)CO)[C@H](CCCCC2(CC(=O)O)CCCC2)N[C@@H]([C@@](C)(O)Cc2ccc(O)cc2)CC#Cc2ccccc2CC1. The van der Waals surface area contributed by atoms with Gasteiger partial charge in [-0.15, -0.1) is 0 Å². The maximum Gasteiger partial charge on any atom is 0.303 e. The second-order valence-electron chi connectivity index (χ2n) is 16.2. The van der Waals surface area contributed by atoms with Crippen LogP contribution in [0, 0.1) is 17.3 Å². The maximum atomic E-state index is 12.3. The third-order valence-corrected chi connectivity index (χ3v) is 11.6. The highest BCUT2D eigenvalue weighted by molar-refractivity contribution is 5.67. The predicted molar refractivity (Wildman–Crippen MR) is 215 cm³/mol. The summed E-state index contributed by atoms with van der Waals surface area (Å²) in [7, 11) is 0. The first-order valence-electron chi connectivity index (χ1n) is 20.4. The Morgan fingerprint density at radius 2 is 1.78 bits per heavy atom. The molecule has 2 aliphatic rings. The maximum absolute atomic E-state index is 12.3. The van der Waals surface area contributed by atoms with E-state index in [0.717, 1.165) is 92.0 Å². The number of unbranched alkanes of at least 4 members (excludes halogenated alkanes) is 3. The Labute approximate surface area is 323 Å². The van der Waals surface area contributed by atoms with Crippen molar-refractivity contribution >= 4 is 5.97 Å².